The second-order valence-corrected chi connectivity index (χ2v) is 5.81. The van der Waals surface area contributed by atoms with Crippen molar-refractivity contribution in [2.75, 3.05) is 0 Å². The van der Waals surface area contributed by atoms with E-state index >= 15 is 0 Å². The molecule has 4 heteroatoms. The minimum Gasteiger partial charge on any atom is -0.480 e. The van der Waals surface area contributed by atoms with Crippen LogP contribution >= 0.6 is 0 Å². The molecule has 4 nitrogen and oxygen atoms in total. The lowest BCUT2D eigenvalue weighted by Gasteiger charge is -2.19. The van der Waals surface area contributed by atoms with Gasteiger partial charge in [-0.2, -0.15) is 0 Å². The number of carboxylic acid groups (broad SMARTS) is 1. The van der Waals surface area contributed by atoms with Crippen molar-refractivity contribution in [1.29, 1.82) is 0 Å². The molecule has 0 bridgehead atoms. The van der Waals surface area contributed by atoms with Gasteiger partial charge < -0.3 is 10.4 Å². The van der Waals surface area contributed by atoms with E-state index < -0.39 is 12.0 Å². The van der Waals surface area contributed by atoms with Gasteiger partial charge in [0.25, 0.3) is 0 Å². The van der Waals surface area contributed by atoms with Crippen LogP contribution < -0.4 is 5.32 Å². The Hall–Kier alpha value is -1.84. The lowest BCUT2D eigenvalue weighted by atomic mass is 9.92. The molecule has 1 amide bonds. The van der Waals surface area contributed by atoms with Crippen molar-refractivity contribution in [3.8, 4) is 0 Å². The highest BCUT2D eigenvalue weighted by atomic mass is 16.4. The second-order valence-electron chi connectivity index (χ2n) is 5.81. The van der Waals surface area contributed by atoms with Gasteiger partial charge in [-0.3, -0.25) is 4.79 Å². The second kappa shape index (κ2) is 8.45. The van der Waals surface area contributed by atoms with Crippen LogP contribution in [-0.2, 0) is 9.59 Å². The van der Waals surface area contributed by atoms with Crippen molar-refractivity contribution in [1.82, 2.24) is 5.32 Å². The van der Waals surface area contributed by atoms with E-state index in [0.717, 1.165) is 12.0 Å². The average molecular weight is 291 g/mol. The summed E-state index contributed by atoms with van der Waals surface area (Å²) in [6.07, 6.45) is 1.62. The van der Waals surface area contributed by atoms with Gasteiger partial charge in [-0.1, -0.05) is 51.1 Å². The van der Waals surface area contributed by atoms with E-state index in [9.17, 15) is 9.59 Å². The maximum absolute atomic E-state index is 12.1. The summed E-state index contributed by atoms with van der Waals surface area (Å²) in [6.45, 7) is 5.93. The number of amides is 1. The molecular formula is C17H25NO3. The van der Waals surface area contributed by atoms with Crippen molar-refractivity contribution >= 4 is 11.9 Å². The summed E-state index contributed by atoms with van der Waals surface area (Å²) in [4.78, 5) is 23.3. The van der Waals surface area contributed by atoms with Crippen molar-refractivity contribution in [2.24, 2.45) is 5.92 Å². The van der Waals surface area contributed by atoms with Crippen LogP contribution in [-0.4, -0.2) is 23.0 Å². The van der Waals surface area contributed by atoms with Crippen LogP contribution in [0.15, 0.2) is 30.3 Å². The van der Waals surface area contributed by atoms with Gasteiger partial charge in [0.15, 0.2) is 0 Å². The SMILES string of the molecule is CCC(CC(=O)N[C@H](CC(C)C)C(=O)O)c1ccccc1. The molecule has 0 heterocycles. The van der Waals surface area contributed by atoms with Gasteiger partial charge in [0.05, 0.1) is 0 Å². The molecule has 0 aliphatic heterocycles. The molecule has 0 spiro atoms. The van der Waals surface area contributed by atoms with E-state index in [0.29, 0.717) is 12.8 Å². The highest BCUT2D eigenvalue weighted by Crippen LogP contribution is 2.22. The molecule has 1 aromatic carbocycles. The average Bonchev–Trinajstić information content (AvgIpc) is 2.44. The first-order chi connectivity index (χ1) is 9.93. The summed E-state index contributed by atoms with van der Waals surface area (Å²) in [5, 5.41) is 11.8. The number of aliphatic carboxylic acids is 1. The lowest BCUT2D eigenvalue weighted by Crippen LogP contribution is -2.42. The van der Waals surface area contributed by atoms with Gasteiger partial charge in [-0.15, -0.1) is 0 Å². The van der Waals surface area contributed by atoms with Crippen LogP contribution in [0.3, 0.4) is 0 Å². The molecular weight excluding hydrogens is 266 g/mol. The molecule has 116 valence electrons. The fraction of sp³-hybridized carbons (Fsp3) is 0.529. The maximum Gasteiger partial charge on any atom is 0.326 e. The fourth-order valence-corrected chi connectivity index (χ4v) is 2.39. The monoisotopic (exact) mass is 291 g/mol. The van der Waals surface area contributed by atoms with Crippen LogP contribution in [0.4, 0.5) is 0 Å². The zero-order valence-corrected chi connectivity index (χ0v) is 13.0. The zero-order chi connectivity index (χ0) is 15.8. The van der Waals surface area contributed by atoms with Crippen LogP contribution in [0.2, 0.25) is 0 Å². The fourth-order valence-electron chi connectivity index (χ4n) is 2.39. The van der Waals surface area contributed by atoms with Gasteiger partial charge in [0, 0.05) is 6.42 Å². The highest BCUT2D eigenvalue weighted by molar-refractivity contribution is 5.83. The van der Waals surface area contributed by atoms with Gasteiger partial charge >= 0.3 is 5.97 Å². The van der Waals surface area contributed by atoms with Crippen LogP contribution in [0.1, 0.15) is 51.5 Å². The number of rotatable bonds is 8. The number of nitrogens with one attached hydrogen (secondary N) is 1. The Kier molecular flexibility index (Phi) is 6.92. The Morgan fingerprint density at radius 2 is 1.81 bits per heavy atom. The summed E-state index contributed by atoms with van der Waals surface area (Å²) in [5.74, 6) is -0.814. The van der Waals surface area contributed by atoms with Gasteiger partial charge in [0.1, 0.15) is 6.04 Å². The maximum atomic E-state index is 12.1. The third kappa shape index (κ3) is 5.98. The third-order valence-corrected chi connectivity index (χ3v) is 3.54. The van der Waals surface area contributed by atoms with E-state index in [1.54, 1.807) is 0 Å². The molecule has 1 rings (SSSR count). The number of hydrogen-bond donors (Lipinski definition) is 2. The Morgan fingerprint density at radius 1 is 1.19 bits per heavy atom. The largest absolute Gasteiger partial charge is 0.480 e. The van der Waals surface area contributed by atoms with Crippen LogP contribution in [0.5, 0.6) is 0 Å². The van der Waals surface area contributed by atoms with Crippen molar-refractivity contribution in [2.45, 2.75) is 52.0 Å². The zero-order valence-electron chi connectivity index (χ0n) is 13.0. The minimum absolute atomic E-state index is 0.125. The quantitative estimate of drug-likeness (QED) is 0.773. The van der Waals surface area contributed by atoms with Crippen molar-refractivity contribution in [3.05, 3.63) is 35.9 Å². The van der Waals surface area contributed by atoms with Crippen LogP contribution in [0, 0.1) is 5.92 Å². The molecule has 2 N–H and O–H groups in total. The first-order valence-electron chi connectivity index (χ1n) is 7.51. The summed E-state index contributed by atoms with van der Waals surface area (Å²) in [7, 11) is 0. The Labute approximate surface area is 126 Å². The van der Waals surface area contributed by atoms with Crippen molar-refractivity contribution in [3.63, 3.8) is 0 Å². The molecule has 0 aliphatic rings. The number of carbonyl (C=O) groups is 2. The van der Waals surface area contributed by atoms with E-state index in [1.807, 2.05) is 51.1 Å². The molecule has 0 aromatic heterocycles. The summed E-state index contributed by atoms with van der Waals surface area (Å²) in [5.41, 5.74) is 1.12. The molecule has 0 saturated heterocycles. The number of carboxylic acids is 1. The molecule has 1 aromatic rings. The Morgan fingerprint density at radius 3 is 2.29 bits per heavy atom. The smallest absolute Gasteiger partial charge is 0.326 e. The minimum atomic E-state index is -0.968. The number of hydrogen-bond acceptors (Lipinski definition) is 2. The first kappa shape index (κ1) is 17.2. The predicted molar refractivity (Wildman–Crippen MR) is 83.1 cm³/mol. The van der Waals surface area contributed by atoms with Gasteiger partial charge in [-0.25, -0.2) is 4.79 Å². The van der Waals surface area contributed by atoms with E-state index in [-0.39, 0.29) is 17.7 Å². The standard InChI is InChI=1S/C17H25NO3/c1-4-13(14-8-6-5-7-9-14)11-16(19)18-15(17(20)21)10-12(2)3/h5-9,12-13,15H,4,10-11H2,1-3H3,(H,18,19)(H,20,21)/t13?,15-/m1/s1. The summed E-state index contributed by atoms with van der Waals surface area (Å²) in [6, 6.07) is 9.06. The predicted octanol–water partition coefficient (Wildman–Crippen LogP) is 3.19. The Bertz CT molecular complexity index is 456. The third-order valence-electron chi connectivity index (χ3n) is 3.54. The topological polar surface area (TPSA) is 66.4 Å². The number of benzene rings is 1. The molecule has 1 unspecified atom stereocenters. The van der Waals surface area contributed by atoms with Gasteiger partial charge in [-0.05, 0) is 30.2 Å². The number of carbonyl (C=O) groups excluding carboxylic acids is 1. The Balaban J connectivity index is 2.64. The van der Waals surface area contributed by atoms with E-state index in [1.165, 1.54) is 0 Å². The first-order valence-corrected chi connectivity index (χ1v) is 7.51. The van der Waals surface area contributed by atoms with E-state index in [4.69, 9.17) is 5.11 Å². The molecule has 0 saturated carbocycles. The summed E-state index contributed by atoms with van der Waals surface area (Å²) < 4.78 is 0. The molecule has 21 heavy (non-hydrogen) atoms. The lowest BCUT2D eigenvalue weighted by molar-refractivity contribution is -0.142. The van der Waals surface area contributed by atoms with Gasteiger partial charge in [0.2, 0.25) is 5.91 Å². The van der Waals surface area contributed by atoms with Crippen LogP contribution in [0.25, 0.3) is 0 Å². The molecule has 0 radical (unpaired) electrons. The van der Waals surface area contributed by atoms with E-state index in [2.05, 4.69) is 5.32 Å². The molecule has 0 aliphatic carbocycles. The molecule has 0 fully saturated rings. The van der Waals surface area contributed by atoms with Crippen molar-refractivity contribution < 1.29 is 14.7 Å². The summed E-state index contributed by atoms with van der Waals surface area (Å²) >= 11 is 0. The molecule has 2 atom stereocenters. The highest BCUT2D eigenvalue weighted by Gasteiger charge is 2.22. The normalized spacial score (nSPS) is 13.7.